The number of nitro benzene ring substituents is 1. The van der Waals surface area contributed by atoms with Gasteiger partial charge < -0.3 is 4.98 Å². The minimum Gasteiger partial charge on any atom is -0.337 e. The second kappa shape index (κ2) is 8.35. The SMILES string of the molecule is CC(C)(C)c1ccc(-c2nc(C(=O)Nc3nccs3)c(-c3ccc([N+](=O)[O-])cc3)[nH]2)cc1. The molecule has 4 aromatic rings. The topological polar surface area (TPSA) is 114 Å². The van der Waals surface area contributed by atoms with Crippen LogP contribution in [-0.2, 0) is 5.41 Å². The minimum atomic E-state index is -0.463. The van der Waals surface area contributed by atoms with Gasteiger partial charge >= 0.3 is 0 Å². The van der Waals surface area contributed by atoms with Crippen molar-refractivity contribution < 1.29 is 9.72 Å². The molecule has 4 rings (SSSR count). The fourth-order valence-corrected chi connectivity index (χ4v) is 3.73. The summed E-state index contributed by atoms with van der Waals surface area (Å²) in [7, 11) is 0. The molecule has 162 valence electrons. The summed E-state index contributed by atoms with van der Waals surface area (Å²) in [4.78, 5) is 35.4. The number of nitrogens with zero attached hydrogens (tertiary/aromatic N) is 3. The van der Waals surface area contributed by atoms with E-state index >= 15 is 0 Å². The molecule has 0 aliphatic heterocycles. The summed E-state index contributed by atoms with van der Waals surface area (Å²) in [5.74, 6) is 0.116. The zero-order chi connectivity index (χ0) is 22.9. The summed E-state index contributed by atoms with van der Waals surface area (Å²) in [5, 5.41) is 16.0. The molecule has 2 N–H and O–H groups in total. The van der Waals surface area contributed by atoms with Crippen LogP contribution in [0.4, 0.5) is 10.8 Å². The predicted octanol–water partition coefficient (Wildman–Crippen LogP) is 5.66. The van der Waals surface area contributed by atoms with Crippen LogP contribution in [0.25, 0.3) is 22.6 Å². The standard InChI is InChI=1S/C23H21N5O3S/c1-23(2,3)16-8-4-15(5-9-16)20-25-18(14-6-10-17(11-7-14)28(30)31)19(26-20)21(29)27-22-24-12-13-32-22/h4-13H,1-3H3,(H,25,26)(H,24,27,29). The van der Waals surface area contributed by atoms with E-state index in [2.05, 4.69) is 41.0 Å². The van der Waals surface area contributed by atoms with Gasteiger partial charge in [0.2, 0.25) is 0 Å². The maximum Gasteiger partial charge on any atom is 0.278 e. The van der Waals surface area contributed by atoms with Crippen molar-refractivity contribution in [1.29, 1.82) is 0 Å². The first kappa shape index (κ1) is 21.4. The van der Waals surface area contributed by atoms with Gasteiger partial charge in [-0.25, -0.2) is 9.97 Å². The van der Waals surface area contributed by atoms with Crippen LogP contribution < -0.4 is 5.32 Å². The Bertz CT molecular complexity index is 1250. The first-order valence-corrected chi connectivity index (χ1v) is 10.8. The van der Waals surface area contributed by atoms with E-state index in [4.69, 9.17) is 0 Å². The zero-order valence-electron chi connectivity index (χ0n) is 17.7. The lowest BCUT2D eigenvalue weighted by molar-refractivity contribution is -0.384. The molecule has 0 aliphatic rings. The zero-order valence-corrected chi connectivity index (χ0v) is 18.6. The number of imidazole rings is 1. The van der Waals surface area contributed by atoms with E-state index in [0.29, 0.717) is 22.2 Å². The summed E-state index contributed by atoms with van der Waals surface area (Å²) >= 11 is 1.30. The molecule has 0 fully saturated rings. The van der Waals surface area contributed by atoms with Gasteiger partial charge in [-0.05, 0) is 23.1 Å². The molecule has 0 bridgehead atoms. The number of carbonyl (C=O) groups excluding carboxylic acids is 1. The summed E-state index contributed by atoms with van der Waals surface area (Å²) in [6.07, 6.45) is 1.60. The largest absolute Gasteiger partial charge is 0.337 e. The van der Waals surface area contributed by atoms with Crippen LogP contribution in [0.15, 0.2) is 60.1 Å². The number of anilines is 1. The average Bonchev–Trinajstić information content (AvgIpc) is 3.43. The molecule has 2 aromatic carbocycles. The monoisotopic (exact) mass is 447 g/mol. The number of benzene rings is 2. The molecular weight excluding hydrogens is 426 g/mol. The van der Waals surface area contributed by atoms with Crippen molar-refractivity contribution in [2.75, 3.05) is 5.32 Å². The molecule has 0 radical (unpaired) electrons. The van der Waals surface area contributed by atoms with Crippen LogP contribution in [0, 0.1) is 10.1 Å². The van der Waals surface area contributed by atoms with Crippen LogP contribution >= 0.6 is 11.3 Å². The van der Waals surface area contributed by atoms with Gasteiger partial charge in [0.1, 0.15) is 5.82 Å². The molecule has 9 heteroatoms. The van der Waals surface area contributed by atoms with E-state index in [1.165, 1.54) is 29.0 Å². The normalized spacial score (nSPS) is 11.3. The Kier molecular flexibility index (Phi) is 5.58. The second-order valence-corrected chi connectivity index (χ2v) is 9.13. The third kappa shape index (κ3) is 4.42. The molecule has 0 saturated carbocycles. The number of hydrogen-bond acceptors (Lipinski definition) is 6. The highest BCUT2D eigenvalue weighted by Crippen LogP contribution is 2.30. The summed E-state index contributed by atoms with van der Waals surface area (Å²) < 4.78 is 0. The van der Waals surface area contributed by atoms with Crippen LogP contribution in [0.5, 0.6) is 0 Å². The molecule has 0 atom stereocenters. The molecule has 0 aliphatic carbocycles. The van der Waals surface area contributed by atoms with Crippen molar-refractivity contribution >= 4 is 28.1 Å². The maximum absolute atomic E-state index is 13.0. The van der Waals surface area contributed by atoms with Gasteiger partial charge in [0, 0.05) is 34.8 Å². The second-order valence-electron chi connectivity index (χ2n) is 8.23. The number of nitro groups is 1. The number of rotatable bonds is 5. The molecule has 0 saturated heterocycles. The van der Waals surface area contributed by atoms with Crippen LogP contribution in [0.1, 0.15) is 36.8 Å². The smallest absolute Gasteiger partial charge is 0.278 e. The fourth-order valence-electron chi connectivity index (χ4n) is 3.20. The fraction of sp³-hybridized carbons (Fsp3) is 0.174. The number of carbonyl (C=O) groups is 1. The highest BCUT2D eigenvalue weighted by Gasteiger charge is 2.22. The maximum atomic E-state index is 13.0. The van der Waals surface area contributed by atoms with E-state index < -0.39 is 10.8 Å². The van der Waals surface area contributed by atoms with Gasteiger partial charge in [0.05, 0.1) is 10.6 Å². The number of aromatic amines is 1. The van der Waals surface area contributed by atoms with Crippen molar-refractivity contribution in [3.8, 4) is 22.6 Å². The lowest BCUT2D eigenvalue weighted by atomic mass is 9.87. The Balaban J connectivity index is 1.75. The predicted molar refractivity (Wildman–Crippen MR) is 125 cm³/mol. The highest BCUT2D eigenvalue weighted by molar-refractivity contribution is 7.13. The summed E-state index contributed by atoms with van der Waals surface area (Å²) in [5.41, 5.74) is 3.28. The van der Waals surface area contributed by atoms with E-state index in [1.54, 1.807) is 23.7 Å². The summed E-state index contributed by atoms with van der Waals surface area (Å²) in [6, 6.07) is 14.0. The van der Waals surface area contributed by atoms with E-state index in [0.717, 1.165) is 5.56 Å². The molecule has 32 heavy (non-hydrogen) atoms. The number of hydrogen-bond donors (Lipinski definition) is 2. The Hall–Kier alpha value is -3.85. The first-order valence-electron chi connectivity index (χ1n) is 9.89. The van der Waals surface area contributed by atoms with Crippen LogP contribution in [-0.4, -0.2) is 25.8 Å². The minimum absolute atomic E-state index is 0.0182. The van der Waals surface area contributed by atoms with Gasteiger partial charge in [-0.2, -0.15) is 0 Å². The first-order chi connectivity index (χ1) is 15.2. The summed E-state index contributed by atoms with van der Waals surface area (Å²) in [6.45, 7) is 6.42. The number of amides is 1. The quantitative estimate of drug-likeness (QED) is 0.303. The van der Waals surface area contributed by atoms with Crippen molar-refractivity contribution in [2.24, 2.45) is 0 Å². The Labute approximate surface area is 188 Å². The van der Waals surface area contributed by atoms with Gasteiger partial charge in [-0.3, -0.25) is 20.2 Å². The van der Waals surface area contributed by atoms with Crippen LogP contribution in [0.2, 0.25) is 0 Å². The van der Waals surface area contributed by atoms with E-state index in [9.17, 15) is 14.9 Å². The van der Waals surface area contributed by atoms with Gasteiger partial charge in [0.15, 0.2) is 10.8 Å². The van der Waals surface area contributed by atoms with E-state index in [1.807, 2.05) is 24.3 Å². The molecular formula is C23H21N5O3S. The number of aromatic nitrogens is 3. The molecule has 8 nitrogen and oxygen atoms in total. The van der Waals surface area contributed by atoms with Crippen molar-refractivity contribution in [3.63, 3.8) is 0 Å². The van der Waals surface area contributed by atoms with Gasteiger partial charge in [-0.15, -0.1) is 11.3 Å². The third-order valence-corrected chi connectivity index (χ3v) is 5.65. The number of non-ortho nitro benzene ring substituents is 1. The van der Waals surface area contributed by atoms with Crippen molar-refractivity contribution in [1.82, 2.24) is 15.0 Å². The lowest BCUT2D eigenvalue weighted by Gasteiger charge is -2.18. The van der Waals surface area contributed by atoms with Crippen molar-refractivity contribution in [2.45, 2.75) is 26.2 Å². The molecule has 1 amide bonds. The van der Waals surface area contributed by atoms with Gasteiger partial charge in [0.25, 0.3) is 11.6 Å². The molecule has 0 unspecified atom stereocenters. The number of H-pyrrole nitrogens is 1. The van der Waals surface area contributed by atoms with Gasteiger partial charge in [-0.1, -0.05) is 45.0 Å². The Morgan fingerprint density at radius 3 is 2.28 bits per heavy atom. The van der Waals surface area contributed by atoms with Crippen LogP contribution in [0.3, 0.4) is 0 Å². The number of thiazole rings is 1. The Morgan fingerprint density at radius 2 is 1.72 bits per heavy atom. The lowest BCUT2D eigenvalue weighted by Crippen LogP contribution is -2.13. The Morgan fingerprint density at radius 1 is 1.06 bits per heavy atom. The number of nitrogens with one attached hydrogen (secondary N) is 2. The highest BCUT2D eigenvalue weighted by atomic mass is 32.1. The third-order valence-electron chi connectivity index (χ3n) is 4.96. The molecule has 2 aromatic heterocycles. The molecule has 0 spiro atoms. The van der Waals surface area contributed by atoms with E-state index in [-0.39, 0.29) is 16.8 Å². The molecule has 2 heterocycles. The average molecular weight is 448 g/mol. The van der Waals surface area contributed by atoms with Crippen molar-refractivity contribution in [3.05, 3.63) is 81.5 Å².